The van der Waals surface area contributed by atoms with E-state index in [1.54, 1.807) is 18.2 Å². The minimum Gasteiger partial charge on any atom is -0.497 e. The van der Waals surface area contributed by atoms with Crippen LogP contribution >= 0.6 is 24.0 Å². The Kier molecular flexibility index (Phi) is 5.45. The summed E-state index contributed by atoms with van der Waals surface area (Å²) in [6.07, 6.45) is 0. The van der Waals surface area contributed by atoms with E-state index in [1.807, 2.05) is 0 Å². The van der Waals surface area contributed by atoms with E-state index < -0.39 is 5.91 Å². The molecule has 0 atom stereocenters. The second-order valence-electron chi connectivity index (χ2n) is 4.12. The minimum atomic E-state index is -0.490. The highest BCUT2D eigenvalue weighted by Crippen LogP contribution is 2.31. The zero-order valence-corrected chi connectivity index (χ0v) is 13.6. The average molecular weight is 342 g/mol. The van der Waals surface area contributed by atoms with Crippen molar-refractivity contribution in [3.05, 3.63) is 18.2 Å². The van der Waals surface area contributed by atoms with Crippen molar-refractivity contribution < 1.29 is 23.8 Å². The highest BCUT2D eigenvalue weighted by atomic mass is 32.2. The molecule has 9 heteroatoms. The van der Waals surface area contributed by atoms with Crippen LogP contribution < -0.4 is 19.6 Å². The van der Waals surface area contributed by atoms with Gasteiger partial charge in [0.1, 0.15) is 5.75 Å². The predicted octanol–water partition coefficient (Wildman–Crippen LogP) is 0.974. The lowest BCUT2D eigenvalue weighted by molar-refractivity contribution is -0.135. The molecule has 1 heterocycles. The van der Waals surface area contributed by atoms with Gasteiger partial charge < -0.3 is 14.2 Å². The third-order valence-corrected chi connectivity index (χ3v) is 4.07. The summed E-state index contributed by atoms with van der Waals surface area (Å²) >= 11 is 6.16. The fraction of sp³-hybridized carbons (Fsp3) is 0.308. The van der Waals surface area contributed by atoms with Gasteiger partial charge in [0.05, 0.1) is 20.0 Å². The number of rotatable bonds is 6. The molecular formula is C13H14N2O5S2. The summed E-state index contributed by atoms with van der Waals surface area (Å²) in [5, 5.41) is 1.05. The van der Waals surface area contributed by atoms with E-state index in [4.69, 9.17) is 26.4 Å². The molecule has 7 nitrogen and oxygen atoms in total. The number of amides is 2. The Morgan fingerprint density at radius 2 is 2.14 bits per heavy atom. The van der Waals surface area contributed by atoms with E-state index in [-0.39, 0.29) is 18.3 Å². The zero-order chi connectivity index (χ0) is 16.1. The number of hydrazine groups is 1. The molecule has 0 aromatic heterocycles. The largest absolute Gasteiger partial charge is 0.497 e. The van der Waals surface area contributed by atoms with Crippen LogP contribution in [-0.2, 0) is 9.59 Å². The number of carbonyl (C=O) groups excluding carboxylic acids is 2. The number of thioether (sulfide) groups is 1. The molecule has 0 aliphatic carbocycles. The lowest BCUT2D eigenvalue weighted by Crippen LogP contribution is -2.46. The van der Waals surface area contributed by atoms with E-state index in [1.165, 1.54) is 26.0 Å². The van der Waals surface area contributed by atoms with Crippen LogP contribution in [0.2, 0.25) is 0 Å². The molecule has 1 saturated heterocycles. The molecule has 118 valence electrons. The molecule has 0 spiro atoms. The Morgan fingerprint density at radius 1 is 1.36 bits per heavy atom. The molecule has 0 radical (unpaired) electrons. The van der Waals surface area contributed by atoms with Gasteiger partial charge in [-0.15, -0.1) is 0 Å². The second kappa shape index (κ2) is 7.32. The van der Waals surface area contributed by atoms with Crippen molar-refractivity contribution in [1.29, 1.82) is 0 Å². The van der Waals surface area contributed by atoms with Gasteiger partial charge in [0.25, 0.3) is 11.8 Å². The average Bonchev–Trinajstić information content (AvgIpc) is 2.84. The van der Waals surface area contributed by atoms with Gasteiger partial charge in [-0.3, -0.25) is 15.0 Å². The molecule has 0 unspecified atom stereocenters. The Hall–Kier alpha value is -2.00. The molecule has 2 amide bonds. The number of hydrogen-bond donors (Lipinski definition) is 1. The third-order valence-electron chi connectivity index (χ3n) is 2.72. The number of nitrogens with zero attached hydrogens (tertiary/aromatic N) is 1. The maximum absolute atomic E-state index is 11.8. The molecule has 0 saturated carbocycles. The SMILES string of the molecule is COc1ccc(OCC(=O)NN2C(=O)CSC2=S)c(OC)c1. The maximum atomic E-state index is 11.8. The van der Waals surface area contributed by atoms with E-state index >= 15 is 0 Å². The van der Waals surface area contributed by atoms with Crippen molar-refractivity contribution in [3.63, 3.8) is 0 Å². The summed E-state index contributed by atoms with van der Waals surface area (Å²) in [6, 6.07) is 4.96. The van der Waals surface area contributed by atoms with Crippen LogP contribution in [0.5, 0.6) is 17.2 Å². The smallest absolute Gasteiger partial charge is 0.276 e. The fourth-order valence-corrected chi connectivity index (χ4v) is 2.63. The first kappa shape index (κ1) is 16.4. The molecule has 1 aliphatic rings. The first-order valence-electron chi connectivity index (χ1n) is 6.19. The molecule has 1 aliphatic heterocycles. The van der Waals surface area contributed by atoms with Gasteiger partial charge >= 0.3 is 0 Å². The molecule has 22 heavy (non-hydrogen) atoms. The van der Waals surface area contributed by atoms with Crippen LogP contribution in [0.15, 0.2) is 18.2 Å². The summed E-state index contributed by atoms with van der Waals surface area (Å²) in [5.41, 5.74) is 2.40. The Balaban J connectivity index is 1.93. The number of nitrogens with one attached hydrogen (secondary N) is 1. The van der Waals surface area contributed by atoms with Crippen LogP contribution in [0.3, 0.4) is 0 Å². The van der Waals surface area contributed by atoms with Gasteiger partial charge in [-0.05, 0) is 12.1 Å². The van der Waals surface area contributed by atoms with Crippen molar-refractivity contribution in [2.24, 2.45) is 0 Å². The lowest BCUT2D eigenvalue weighted by Gasteiger charge is -2.16. The maximum Gasteiger partial charge on any atom is 0.276 e. The van der Waals surface area contributed by atoms with Crippen molar-refractivity contribution in [2.45, 2.75) is 0 Å². The van der Waals surface area contributed by atoms with Crippen LogP contribution in [0.4, 0.5) is 0 Å². The van der Waals surface area contributed by atoms with Crippen molar-refractivity contribution in [1.82, 2.24) is 10.4 Å². The normalized spacial score (nSPS) is 14.0. The Labute approximate surface area is 136 Å². The lowest BCUT2D eigenvalue weighted by atomic mass is 10.3. The third kappa shape index (κ3) is 3.80. The summed E-state index contributed by atoms with van der Waals surface area (Å²) in [6.45, 7) is -0.278. The summed E-state index contributed by atoms with van der Waals surface area (Å²) in [7, 11) is 3.02. The second-order valence-corrected chi connectivity index (χ2v) is 5.73. The first-order valence-corrected chi connectivity index (χ1v) is 7.58. The van der Waals surface area contributed by atoms with E-state index in [9.17, 15) is 9.59 Å². The van der Waals surface area contributed by atoms with Crippen molar-refractivity contribution in [3.8, 4) is 17.2 Å². The Bertz CT molecular complexity index is 592. The van der Waals surface area contributed by atoms with Gasteiger partial charge in [0, 0.05) is 6.07 Å². The summed E-state index contributed by atoms with van der Waals surface area (Å²) in [5.74, 6) is 0.922. The zero-order valence-electron chi connectivity index (χ0n) is 12.0. The number of ether oxygens (including phenoxy) is 3. The topological polar surface area (TPSA) is 77.1 Å². The molecule has 1 N–H and O–H groups in total. The van der Waals surface area contributed by atoms with Gasteiger partial charge in [-0.1, -0.05) is 24.0 Å². The van der Waals surface area contributed by atoms with E-state index in [0.29, 0.717) is 21.6 Å². The highest BCUT2D eigenvalue weighted by molar-refractivity contribution is 8.23. The number of carbonyl (C=O) groups is 2. The molecular weight excluding hydrogens is 328 g/mol. The molecule has 0 bridgehead atoms. The standard InChI is InChI=1S/C13H14N2O5S2/c1-18-8-3-4-9(10(5-8)19-2)20-6-11(16)14-15-12(17)7-22-13(15)21/h3-5H,6-7H2,1-2H3,(H,14,16). The van der Waals surface area contributed by atoms with Gasteiger partial charge in [-0.25, -0.2) is 5.01 Å². The van der Waals surface area contributed by atoms with E-state index in [2.05, 4.69) is 5.43 Å². The number of thiocarbonyl (C=S) groups is 1. The molecule has 1 aromatic rings. The number of benzene rings is 1. The molecule has 1 fully saturated rings. The quantitative estimate of drug-likeness (QED) is 0.772. The fourth-order valence-electron chi connectivity index (χ4n) is 1.66. The molecule has 1 aromatic carbocycles. The summed E-state index contributed by atoms with van der Waals surface area (Å²) < 4.78 is 15.9. The number of methoxy groups -OCH3 is 2. The first-order chi connectivity index (χ1) is 10.5. The predicted molar refractivity (Wildman–Crippen MR) is 85.1 cm³/mol. The monoisotopic (exact) mass is 342 g/mol. The highest BCUT2D eigenvalue weighted by Gasteiger charge is 2.28. The Morgan fingerprint density at radius 3 is 2.73 bits per heavy atom. The number of hydrogen-bond acceptors (Lipinski definition) is 7. The van der Waals surface area contributed by atoms with E-state index in [0.717, 1.165) is 5.01 Å². The van der Waals surface area contributed by atoms with Crippen LogP contribution in [0.25, 0.3) is 0 Å². The molecule has 2 rings (SSSR count). The van der Waals surface area contributed by atoms with Crippen LogP contribution in [0, 0.1) is 0 Å². The van der Waals surface area contributed by atoms with Gasteiger partial charge in [0.15, 0.2) is 22.4 Å². The van der Waals surface area contributed by atoms with Gasteiger partial charge in [0.2, 0.25) is 0 Å². The van der Waals surface area contributed by atoms with Crippen LogP contribution in [0.1, 0.15) is 0 Å². The van der Waals surface area contributed by atoms with Crippen molar-refractivity contribution >= 4 is 40.1 Å². The van der Waals surface area contributed by atoms with Crippen molar-refractivity contribution in [2.75, 3.05) is 26.6 Å². The van der Waals surface area contributed by atoms with Gasteiger partial charge in [-0.2, -0.15) is 0 Å². The minimum absolute atomic E-state index is 0.228. The van der Waals surface area contributed by atoms with Crippen LogP contribution in [-0.4, -0.2) is 47.7 Å². The summed E-state index contributed by atoms with van der Waals surface area (Å²) in [4.78, 5) is 23.3.